The number of aliphatic carboxylic acids is 1. The fraction of sp³-hybridized carbons (Fsp3) is 0.429. The van der Waals surface area contributed by atoms with Gasteiger partial charge in [-0.3, -0.25) is 4.79 Å². The largest absolute Gasteiger partial charge is 0.481 e. The topological polar surface area (TPSA) is 69.6 Å². The van der Waals surface area contributed by atoms with E-state index >= 15 is 0 Å². The smallest absolute Gasteiger partial charge is 0.321 e. The number of piperidine rings is 1. The first kappa shape index (κ1) is 14.7. The highest BCUT2D eigenvalue weighted by Gasteiger charge is 2.28. The summed E-state index contributed by atoms with van der Waals surface area (Å²) in [5.74, 6) is -1.28. The number of hydrogen-bond donors (Lipinski definition) is 2. The Hall–Kier alpha value is -1.69. The fourth-order valence-electron chi connectivity index (χ4n) is 2.27. The lowest BCUT2D eigenvalue weighted by Gasteiger charge is -2.30. The van der Waals surface area contributed by atoms with Crippen LogP contribution in [-0.2, 0) is 4.79 Å². The standard InChI is InChI=1S/C14H18N2O3S/c1-20-12-6-2-5-11(8-12)15-14(19)16-7-3-4-10(9-16)13(17)18/h2,5-6,8,10H,3-4,7,9H2,1H3,(H,15,19)(H,17,18)/t10-/m0/s1. The molecule has 1 aromatic carbocycles. The van der Waals surface area contributed by atoms with Crippen molar-refractivity contribution < 1.29 is 14.7 Å². The number of likely N-dealkylation sites (tertiary alicyclic amines) is 1. The van der Waals surface area contributed by atoms with Crippen molar-refractivity contribution in [2.45, 2.75) is 17.7 Å². The second kappa shape index (κ2) is 6.65. The zero-order valence-corrected chi connectivity index (χ0v) is 12.2. The van der Waals surface area contributed by atoms with E-state index in [1.54, 1.807) is 16.7 Å². The molecule has 1 saturated heterocycles. The molecule has 0 aromatic heterocycles. The Morgan fingerprint density at radius 2 is 2.25 bits per heavy atom. The van der Waals surface area contributed by atoms with Crippen molar-refractivity contribution in [2.75, 3.05) is 24.7 Å². The van der Waals surface area contributed by atoms with Gasteiger partial charge in [-0.1, -0.05) is 6.07 Å². The number of hydrogen-bond acceptors (Lipinski definition) is 3. The summed E-state index contributed by atoms with van der Waals surface area (Å²) in [7, 11) is 0. The quantitative estimate of drug-likeness (QED) is 0.841. The SMILES string of the molecule is CSc1cccc(NC(=O)N2CCC[C@H](C(=O)O)C2)c1. The number of carboxylic acid groups (broad SMARTS) is 1. The molecule has 20 heavy (non-hydrogen) atoms. The van der Waals surface area contributed by atoms with E-state index in [0.717, 1.165) is 17.0 Å². The van der Waals surface area contributed by atoms with Gasteiger partial charge in [-0.2, -0.15) is 0 Å². The van der Waals surface area contributed by atoms with Crippen molar-refractivity contribution in [3.8, 4) is 0 Å². The number of nitrogens with zero attached hydrogens (tertiary/aromatic N) is 1. The molecule has 5 nitrogen and oxygen atoms in total. The first-order valence-electron chi connectivity index (χ1n) is 6.53. The molecule has 1 aliphatic rings. The lowest BCUT2D eigenvalue weighted by Crippen LogP contribution is -2.44. The molecule has 0 unspecified atom stereocenters. The van der Waals surface area contributed by atoms with E-state index < -0.39 is 11.9 Å². The number of nitrogens with one attached hydrogen (secondary N) is 1. The number of urea groups is 1. The molecule has 6 heteroatoms. The van der Waals surface area contributed by atoms with Crippen LogP contribution in [0.3, 0.4) is 0 Å². The maximum atomic E-state index is 12.2. The van der Waals surface area contributed by atoms with Gasteiger partial charge in [0.15, 0.2) is 0 Å². The van der Waals surface area contributed by atoms with Crippen LogP contribution >= 0.6 is 11.8 Å². The Labute approximate surface area is 122 Å². The van der Waals surface area contributed by atoms with E-state index in [4.69, 9.17) is 5.11 Å². The lowest BCUT2D eigenvalue weighted by atomic mass is 9.99. The summed E-state index contributed by atoms with van der Waals surface area (Å²) < 4.78 is 0. The van der Waals surface area contributed by atoms with Gasteiger partial charge in [0.2, 0.25) is 0 Å². The number of carboxylic acids is 1. The molecular weight excluding hydrogens is 276 g/mol. The van der Waals surface area contributed by atoms with Crippen LogP contribution in [0.5, 0.6) is 0 Å². The summed E-state index contributed by atoms with van der Waals surface area (Å²) in [5, 5.41) is 11.9. The number of carbonyl (C=O) groups excluding carboxylic acids is 1. The van der Waals surface area contributed by atoms with Gasteiger partial charge in [0.25, 0.3) is 0 Å². The number of amides is 2. The minimum absolute atomic E-state index is 0.228. The Bertz CT molecular complexity index is 507. The van der Waals surface area contributed by atoms with E-state index in [1.807, 2.05) is 30.5 Å². The summed E-state index contributed by atoms with van der Waals surface area (Å²) in [6, 6.07) is 7.37. The van der Waals surface area contributed by atoms with Gasteiger partial charge in [-0.05, 0) is 37.3 Å². The van der Waals surface area contributed by atoms with Crippen molar-refractivity contribution in [1.82, 2.24) is 4.90 Å². The highest BCUT2D eigenvalue weighted by molar-refractivity contribution is 7.98. The first-order chi connectivity index (χ1) is 9.60. The molecule has 1 fully saturated rings. The predicted octanol–water partition coefficient (Wildman–Crippen LogP) is 2.74. The Morgan fingerprint density at radius 1 is 1.45 bits per heavy atom. The first-order valence-corrected chi connectivity index (χ1v) is 7.75. The van der Waals surface area contributed by atoms with Crippen LogP contribution in [0, 0.1) is 5.92 Å². The Morgan fingerprint density at radius 3 is 2.95 bits per heavy atom. The van der Waals surface area contributed by atoms with Crippen molar-refractivity contribution in [3.63, 3.8) is 0 Å². The number of benzene rings is 1. The van der Waals surface area contributed by atoms with Crippen LogP contribution in [0.2, 0.25) is 0 Å². The number of anilines is 1. The highest BCUT2D eigenvalue weighted by atomic mass is 32.2. The van der Waals surface area contributed by atoms with Gasteiger partial charge in [0.1, 0.15) is 0 Å². The zero-order chi connectivity index (χ0) is 14.5. The van der Waals surface area contributed by atoms with Crippen molar-refractivity contribution >= 4 is 29.4 Å². The maximum Gasteiger partial charge on any atom is 0.321 e. The fourth-order valence-corrected chi connectivity index (χ4v) is 2.73. The normalized spacial score (nSPS) is 18.6. The monoisotopic (exact) mass is 294 g/mol. The van der Waals surface area contributed by atoms with Gasteiger partial charge in [-0.15, -0.1) is 11.8 Å². The highest BCUT2D eigenvalue weighted by Crippen LogP contribution is 2.21. The van der Waals surface area contributed by atoms with E-state index in [-0.39, 0.29) is 12.6 Å². The van der Waals surface area contributed by atoms with E-state index in [2.05, 4.69) is 5.32 Å². The molecule has 0 saturated carbocycles. The van der Waals surface area contributed by atoms with Crippen LogP contribution < -0.4 is 5.32 Å². The molecule has 0 bridgehead atoms. The summed E-state index contributed by atoms with van der Waals surface area (Å²) >= 11 is 1.61. The second-order valence-corrected chi connectivity index (χ2v) is 5.67. The summed E-state index contributed by atoms with van der Waals surface area (Å²) in [4.78, 5) is 25.8. The van der Waals surface area contributed by atoms with Gasteiger partial charge in [0, 0.05) is 23.7 Å². The lowest BCUT2D eigenvalue weighted by molar-refractivity contribution is -0.143. The molecule has 1 atom stereocenters. The van der Waals surface area contributed by atoms with E-state index in [1.165, 1.54) is 0 Å². The zero-order valence-electron chi connectivity index (χ0n) is 11.3. The number of rotatable bonds is 3. The van der Waals surface area contributed by atoms with Crippen LogP contribution in [0.25, 0.3) is 0 Å². The molecule has 0 radical (unpaired) electrons. The van der Waals surface area contributed by atoms with Crippen LogP contribution in [0.4, 0.5) is 10.5 Å². The third-order valence-electron chi connectivity index (χ3n) is 3.38. The number of thioether (sulfide) groups is 1. The Balaban J connectivity index is 1.98. The summed E-state index contributed by atoms with van der Waals surface area (Å²) in [6.45, 7) is 0.890. The Kier molecular flexibility index (Phi) is 4.89. The molecule has 1 aliphatic heterocycles. The predicted molar refractivity (Wildman–Crippen MR) is 79.2 cm³/mol. The third-order valence-corrected chi connectivity index (χ3v) is 4.10. The van der Waals surface area contributed by atoms with E-state index in [0.29, 0.717) is 13.0 Å². The molecule has 108 valence electrons. The molecule has 0 aliphatic carbocycles. The average molecular weight is 294 g/mol. The van der Waals surface area contributed by atoms with Gasteiger partial charge < -0.3 is 15.3 Å². The molecule has 2 N–H and O–H groups in total. The van der Waals surface area contributed by atoms with Crippen molar-refractivity contribution in [3.05, 3.63) is 24.3 Å². The second-order valence-electron chi connectivity index (χ2n) is 4.79. The molecule has 2 rings (SSSR count). The molecule has 0 spiro atoms. The summed E-state index contributed by atoms with van der Waals surface area (Å²) in [6.07, 6.45) is 3.35. The molecule has 1 aromatic rings. The van der Waals surface area contributed by atoms with Crippen LogP contribution in [0.15, 0.2) is 29.2 Å². The molecule has 2 amide bonds. The van der Waals surface area contributed by atoms with Crippen LogP contribution in [0.1, 0.15) is 12.8 Å². The van der Waals surface area contributed by atoms with E-state index in [9.17, 15) is 9.59 Å². The van der Waals surface area contributed by atoms with Gasteiger partial charge >= 0.3 is 12.0 Å². The minimum atomic E-state index is -0.827. The van der Waals surface area contributed by atoms with Crippen molar-refractivity contribution in [1.29, 1.82) is 0 Å². The average Bonchev–Trinajstić information content (AvgIpc) is 2.47. The minimum Gasteiger partial charge on any atom is -0.481 e. The summed E-state index contributed by atoms with van der Waals surface area (Å²) in [5.41, 5.74) is 0.735. The third kappa shape index (κ3) is 3.66. The molecule has 1 heterocycles. The van der Waals surface area contributed by atoms with Gasteiger partial charge in [0.05, 0.1) is 5.92 Å². The maximum absolute atomic E-state index is 12.2. The van der Waals surface area contributed by atoms with Gasteiger partial charge in [-0.25, -0.2) is 4.79 Å². The van der Waals surface area contributed by atoms with Crippen molar-refractivity contribution in [2.24, 2.45) is 5.92 Å². The molecular formula is C14H18N2O3S. The van der Waals surface area contributed by atoms with Crippen LogP contribution in [-0.4, -0.2) is 41.4 Å². The number of carbonyl (C=O) groups is 2.